The first-order valence-electron chi connectivity index (χ1n) is 6.36. The van der Waals surface area contributed by atoms with Gasteiger partial charge in [-0.2, -0.15) is 0 Å². The van der Waals surface area contributed by atoms with Gasteiger partial charge in [-0.3, -0.25) is 0 Å². The third-order valence-corrected chi connectivity index (χ3v) is 2.89. The molecule has 0 aliphatic carbocycles. The molecule has 0 aliphatic heterocycles. The quantitative estimate of drug-likeness (QED) is 0.784. The van der Waals surface area contributed by atoms with Crippen molar-refractivity contribution in [2.45, 2.75) is 12.8 Å². The number of methoxy groups -OCH3 is 2. The zero-order chi connectivity index (χ0) is 15.2. The Morgan fingerprint density at radius 3 is 2.33 bits per heavy atom. The molecule has 1 heterocycles. The van der Waals surface area contributed by atoms with E-state index >= 15 is 0 Å². The van der Waals surface area contributed by atoms with Crippen LogP contribution in [0.5, 0.6) is 0 Å². The Morgan fingerprint density at radius 2 is 1.71 bits per heavy atom. The second kappa shape index (κ2) is 6.69. The SMILES string of the molecule is COC(=O)c1nc(CCc2ccccc2)oc1C(=O)OC. The fraction of sp³-hybridized carbons (Fsp3) is 0.267. The maximum absolute atomic E-state index is 11.6. The molecule has 21 heavy (non-hydrogen) atoms. The number of carbonyl (C=O) groups is 2. The van der Waals surface area contributed by atoms with Crippen molar-refractivity contribution in [1.29, 1.82) is 0 Å². The topological polar surface area (TPSA) is 78.6 Å². The number of oxazole rings is 1. The summed E-state index contributed by atoms with van der Waals surface area (Å²) in [5.41, 5.74) is 0.947. The molecule has 6 nitrogen and oxygen atoms in total. The fourth-order valence-electron chi connectivity index (χ4n) is 1.83. The standard InChI is InChI=1S/C15H15NO5/c1-19-14(17)12-13(15(18)20-2)21-11(16-12)9-8-10-6-4-3-5-7-10/h3-7H,8-9H2,1-2H3. The molecular formula is C15H15NO5. The van der Waals surface area contributed by atoms with Crippen molar-refractivity contribution >= 4 is 11.9 Å². The van der Waals surface area contributed by atoms with Crippen LogP contribution in [0.3, 0.4) is 0 Å². The van der Waals surface area contributed by atoms with Gasteiger partial charge in [0.2, 0.25) is 11.5 Å². The van der Waals surface area contributed by atoms with Crippen LogP contribution in [0, 0.1) is 0 Å². The van der Waals surface area contributed by atoms with Crippen molar-refractivity contribution in [1.82, 2.24) is 4.98 Å². The lowest BCUT2D eigenvalue weighted by atomic mass is 10.1. The van der Waals surface area contributed by atoms with Crippen molar-refractivity contribution < 1.29 is 23.5 Å². The van der Waals surface area contributed by atoms with Crippen molar-refractivity contribution in [3.8, 4) is 0 Å². The predicted molar refractivity (Wildman–Crippen MR) is 73.0 cm³/mol. The molecule has 1 aromatic carbocycles. The summed E-state index contributed by atoms with van der Waals surface area (Å²) in [4.78, 5) is 27.2. The zero-order valence-corrected chi connectivity index (χ0v) is 11.8. The summed E-state index contributed by atoms with van der Waals surface area (Å²) in [5.74, 6) is -1.42. The van der Waals surface area contributed by atoms with Gasteiger partial charge in [-0.1, -0.05) is 30.3 Å². The van der Waals surface area contributed by atoms with E-state index in [2.05, 4.69) is 14.5 Å². The third kappa shape index (κ3) is 3.47. The molecule has 0 saturated heterocycles. The molecule has 0 unspecified atom stereocenters. The van der Waals surface area contributed by atoms with Crippen molar-refractivity contribution in [3.05, 3.63) is 53.2 Å². The molecule has 110 valence electrons. The van der Waals surface area contributed by atoms with Crippen molar-refractivity contribution in [2.75, 3.05) is 14.2 Å². The van der Waals surface area contributed by atoms with Crippen LogP contribution >= 0.6 is 0 Å². The number of rotatable bonds is 5. The summed E-state index contributed by atoms with van der Waals surface area (Å²) in [6, 6.07) is 9.76. The summed E-state index contributed by atoms with van der Waals surface area (Å²) in [7, 11) is 2.41. The molecule has 0 fully saturated rings. The average Bonchev–Trinajstić information content (AvgIpc) is 2.96. The van der Waals surface area contributed by atoms with Crippen LogP contribution in [0.4, 0.5) is 0 Å². The lowest BCUT2D eigenvalue weighted by molar-refractivity contribution is 0.0525. The van der Waals surface area contributed by atoms with Crippen LogP contribution in [0.15, 0.2) is 34.7 Å². The number of aromatic nitrogens is 1. The van der Waals surface area contributed by atoms with Gasteiger partial charge in [-0.15, -0.1) is 0 Å². The molecule has 0 saturated carbocycles. The number of hydrogen-bond donors (Lipinski definition) is 0. The average molecular weight is 289 g/mol. The van der Waals surface area contributed by atoms with E-state index in [0.717, 1.165) is 5.56 Å². The number of esters is 2. The van der Waals surface area contributed by atoms with E-state index in [1.165, 1.54) is 14.2 Å². The highest BCUT2D eigenvalue weighted by molar-refractivity contribution is 5.99. The minimum atomic E-state index is -0.756. The lowest BCUT2D eigenvalue weighted by Crippen LogP contribution is -2.10. The molecule has 6 heteroatoms. The number of carbonyl (C=O) groups excluding carboxylic acids is 2. The van der Waals surface area contributed by atoms with E-state index < -0.39 is 11.9 Å². The van der Waals surface area contributed by atoms with E-state index in [1.807, 2.05) is 30.3 Å². The zero-order valence-electron chi connectivity index (χ0n) is 11.8. The number of hydrogen-bond acceptors (Lipinski definition) is 6. The van der Waals surface area contributed by atoms with Crippen LogP contribution in [0.2, 0.25) is 0 Å². The van der Waals surface area contributed by atoms with Gasteiger partial charge in [-0.05, 0) is 12.0 Å². The first-order chi connectivity index (χ1) is 10.2. The summed E-state index contributed by atoms with van der Waals surface area (Å²) >= 11 is 0. The highest BCUT2D eigenvalue weighted by Crippen LogP contribution is 2.15. The Kier molecular flexibility index (Phi) is 4.71. The predicted octanol–water partition coefficient (Wildman–Crippen LogP) is 2.03. The van der Waals surface area contributed by atoms with Crippen LogP contribution in [0.1, 0.15) is 32.5 Å². The molecular weight excluding hydrogens is 274 g/mol. The van der Waals surface area contributed by atoms with Gasteiger partial charge in [0.1, 0.15) is 0 Å². The van der Waals surface area contributed by atoms with Crippen molar-refractivity contribution in [3.63, 3.8) is 0 Å². The van der Waals surface area contributed by atoms with Crippen LogP contribution in [-0.4, -0.2) is 31.1 Å². The minimum absolute atomic E-state index is 0.160. The first-order valence-corrected chi connectivity index (χ1v) is 6.36. The van der Waals surface area contributed by atoms with Gasteiger partial charge < -0.3 is 13.9 Å². The Morgan fingerprint density at radius 1 is 1.05 bits per heavy atom. The second-order valence-electron chi connectivity index (χ2n) is 4.25. The van der Waals surface area contributed by atoms with E-state index in [1.54, 1.807) is 0 Å². The molecule has 1 aromatic heterocycles. The monoisotopic (exact) mass is 289 g/mol. The molecule has 2 rings (SSSR count). The van der Waals surface area contributed by atoms with E-state index in [0.29, 0.717) is 18.7 Å². The fourth-order valence-corrected chi connectivity index (χ4v) is 1.83. The Bertz CT molecular complexity index is 599. The smallest absolute Gasteiger partial charge is 0.376 e. The van der Waals surface area contributed by atoms with E-state index in [4.69, 9.17) is 4.42 Å². The summed E-state index contributed by atoms with van der Waals surface area (Å²) < 4.78 is 14.5. The summed E-state index contributed by atoms with van der Waals surface area (Å²) in [6.45, 7) is 0. The first kappa shape index (κ1) is 14.8. The third-order valence-electron chi connectivity index (χ3n) is 2.89. The van der Waals surface area contributed by atoms with E-state index in [-0.39, 0.29) is 11.5 Å². The van der Waals surface area contributed by atoms with Gasteiger partial charge in [0.15, 0.2) is 5.89 Å². The molecule has 0 bridgehead atoms. The van der Waals surface area contributed by atoms with Gasteiger partial charge in [0.05, 0.1) is 14.2 Å². The lowest BCUT2D eigenvalue weighted by Gasteiger charge is -1.97. The highest BCUT2D eigenvalue weighted by Gasteiger charge is 2.26. The van der Waals surface area contributed by atoms with E-state index in [9.17, 15) is 9.59 Å². The van der Waals surface area contributed by atoms with Gasteiger partial charge >= 0.3 is 11.9 Å². The number of benzene rings is 1. The number of aryl methyl sites for hydroxylation is 2. The van der Waals surface area contributed by atoms with Gasteiger partial charge in [0, 0.05) is 6.42 Å². The molecule has 0 radical (unpaired) electrons. The molecule has 0 aliphatic rings. The maximum atomic E-state index is 11.6. The summed E-state index contributed by atoms with van der Waals surface area (Å²) in [6.07, 6.45) is 1.15. The normalized spacial score (nSPS) is 10.2. The number of ether oxygens (including phenoxy) is 2. The van der Waals surface area contributed by atoms with Crippen molar-refractivity contribution in [2.24, 2.45) is 0 Å². The highest BCUT2D eigenvalue weighted by atomic mass is 16.5. The Hall–Kier alpha value is -2.63. The molecule has 2 aromatic rings. The summed E-state index contributed by atoms with van der Waals surface area (Å²) in [5, 5.41) is 0. The van der Waals surface area contributed by atoms with Crippen LogP contribution in [0.25, 0.3) is 0 Å². The Labute approximate surface area is 121 Å². The molecule has 0 amide bonds. The molecule has 0 N–H and O–H groups in total. The number of nitrogens with zero attached hydrogens (tertiary/aromatic N) is 1. The van der Waals surface area contributed by atoms with Crippen LogP contribution in [-0.2, 0) is 22.3 Å². The molecule has 0 atom stereocenters. The molecule has 0 spiro atoms. The Balaban J connectivity index is 2.19. The maximum Gasteiger partial charge on any atom is 0.376 e. The van der Waals surface area contributed by atoms with Crippen LogP contribution < -0.4 is 0 Å². The second-order valence-corrected chi connectivity index (χ2v) is 4.25. The minimum Gasteiger partial charge on any atom is -0.464 e. The van der Waals surface area contributed by atoms with Gasteiger partial charge in [0.25, 0.3) is 0 Å². The van der Waals surface area contributed by atoms with Gasteiger partial charge in [-0.25, -0.2) is 14.6 Å². The largest absolute Gasteiger partial charge is 0.464 e.